The Balaban J connectivity index is 1.11. The van der Waals surface area contributed by atoms with Gasteiger partial charge in [0.05, 0.1) is 0 Å². The smallest absolute Gasteiger partial charge is 0.453 e. The first-order valence-corrected chi connectivity index (χ1v) is 20.1. The second kappa shape index (κ2) is 16.8. The number of hydrogen-bond acceptors (Lipinski definition) is 14. The van der Waals surface area contributed by atoms with E-state index in [9.17, 15) is 19.2 Å². The van der Waals surface area contributed by atoms with Crippen molar-refractivity contribution in [3.63, 3.8) is 0 Å². The van der Waals surface area contributed by atoms with Gasteiger partial charge in [-0.3, -0.25) is 19.5 Å². The number of thioether (sulfide) groups is 1. The maximum atomic E-state index is 14.4. The van der Waals surface area contributed by atoms with Crippen molar-refractivity contribution in [2.75, 3.05) is 11.5 Å². The van der Waals surface area contributed by atoms with E-state index in [1.165, 1.54) is 23.6 Å². The van der Waals surface area contributed by atoms with E-state index in [2.05, 4.69) is 20.4 Å². The number of aromatic nitrogens is 2. The van der Waals surface area contributed by atoms with Crippen LogP contribution in [-0.2, 0) is 36.2 Å². The number of amides is 2. The molecule has 2 amide bonds. The largest absolute Gasteiger partial charge is 0.519 e. The average molecular weight is 827 g/mol. The number of nitrogens with zero attached hydrogens (tertiary/aromatic N) is 4. The van der Waals surface area contributed by atoms with E-state index in [1.807, 2.05) is 97.1 Å². The summed E-state index contributed by atoms with van der Waals surface area (Å²) >= 11 is 2.47. The maximum Gasteiger partial charge on any atom is 0.519 e. The quantitative estimate of drug-likeness (QED) is 0.0469. The standard InChI is InChI=1S/C43H34N6O8S2/c1-26-33(56-42(53)55-26)23-54-40(52)36-28(20-19-27-12-11-21-45-22-27)24-58-39-35(38(51)49(36)39)47-37(50)34(32-25-59-41(44)46-32)48-57-43(29-13-5-2-6-14-29,30-15-7-3-8-16-30)31-17-9-4-10-18-31/h2-22,25,35,39H,23-24H2,1H3,(H2,44,46)(H,47,50)/b20-19-,48-34?/t35-,39-/m1/s1. The van der Waals surface area contributed by atoms with Gasteiger partial charge in [-0.1, -0.05) is 114 Å². The van der Waals surface area contributed by atoms with Crippen molar-refractivity contribution >= 4 is 57.8 Å². The lowest BCUT2D eigenvalue weighted by atomic mass is 9.80. The predicted octanol–water partition coefficient (Wildman–Crippen LogP) is 5.80. The summed E-state index contributed by atoms with van der Waals surface area (Å²) in [4.78, 5) is 70.3. The van der Waals surface area contributed by atoms with E-state index < -0.39 is 47.2 Å². The highest BCUT2D eigenvalue weighted by atomic mass is 32.2. The van der Waals surface area contributed by atoms with E-state index in [-0.39, 0.29) is 39.5 Å². The molecule has 3 aromatic carbocycles. The van der Waals surface area contributed by atoms with Gasteiger partial charge in [0, 0.05) is 40.2 Å². The zero-order valence-electron chi connectivity index (χ0n) is 31.2. The molecule has 2 aliphatic heterocycles. The lowest BCUT2D eigenvalue weighted by molar-refractivity contribution is -0.153. The van der Waals surface area contributed by atoms with E-state index >= 15 is 0 Å². The molecular formula is C43H34N6O8S2. The fourth-order valence-electron chi connectivity index (χ4n) is 6.74. The number of ether oxygens (including phenoxy) is 1. The van der Waals surface area contributed by atoms with Crippen LogP contribution in [0.25, 0.3) is 6.08 Å². The molecule has 296 valence electrons. The number of esters is 1. The van der Waals surface area contributed by atoms with Crippen molar-refractivity contribution in [2.24, 2.45) is 5.16 Å². The maximum absolute atomic E-state index is 14.4. The fraction of sp³-hybridized carbons (Fsp3) is 0.140. The Morgan fingerprint density at radius 1 is 0.949 bits per heavy atom. The van der Waals surface area contributed by atoms with Gasteiger partial charge in [-0.25, -0.2) is 14.6 Å². The van der Waals surface area contributed by atoms with E-state index in [4.69, 9.17) is 24.1 Å². The molecule has 16 heteroatoms. The van der Waals surface area contributed by atoms with Crippen LogP contribution < -0.4 is 16.9 Å². The zero-order chi connectivity index (χ0) is 40.9. The molecule has 0 unspecified atom stereocenters. The number of thiazole rings is 1. The number of fused-ring (bicyclic) bond motifs is 1. The van der Waals surface area contributed by atoms with Gasteiger partial charge in [0.1, 0.15) is 22.8 Å². The molecule has 0 spiro atoms. The summed E-state index contributed by atoms with van der Waals surface area (Å²) in [6, 6.07) is 31.1. The second-order valence-electron chi connectivity index (χ2n) is 13.2. The van der Waals surface area contributed by atoms with Crippen LogP contribution in [0.2, 0.25) is 0 Å². The van der Waals surface area contributed by atoms with Crippen LogP contribution in [0.1, 0.15) is 39.5 Å². The summed E-state index contributed by atoms with van der Waals surface area (Å²) in [5.41, 5.74) is 8.11. The summed E-state index contributed by atoms with van der Waals surface area (Å²) < 4.78 is 15.4. The average Bonchev–Trinajstić information content (AvgIpc) is 3.85. The van der Waals surface area contributed by atoms with Gasteiger partial charge in [0.2, 0.25) is 5.60 Å². The normalized spacial score (nSPS) is 16.7. The fourth-order valence-corrected chi connectivity index (χ4v) is 8.60. The van der Waals surface area contributed by atoms with Crippen LogP contribution in [0.3, 0.4) is 0 Å². The summed E-state index contributed by atoms with van der Waals surface area (Å²) in [5, 5.41) is 8.45. The Labute approximate surface area is 345 Å². The van der Waals surface area contributed by atoms with Crippen molar-refractivity contribution in [1.29, 1.82) is 0 Å². The van der Waals surface area contributed by atoms with E-state index in [0.717, 1.165) is 33.6 Å². The third-order valence-electron chi connectivity index (χ3n) is 9.60. The number of rotatable bonds is 13. The Kier molecular flexibility index (Phi) is 11.1. The van der Waals surface area contributed by atoms with Crippen LogP contribution in [0.4, 0.5) is 5.13 Å². The van der Waals surface area contributed by atoms with Crippen LogP contribution >= 0.6 is 23.1 Å². The number of anilines is 1. The predicted molar refractivity (Wildman–Crippen MR) is 220 cm³/mol. The minimum atomic E-state index is -1.32. The highest BCUT2D eigenvalue weighted by molar-refractivity contribution is 8.00. The number of oxime groups is 1. The number of benzene rings is 3. The summed E-state index contributed by atoms with van der Waals surface area (Å²) in [6.07, 6.45) is 6.77. The number of allylic oxidation sites excluding steroid dienone is 1. The van der Waals surface area contributed by atoms with E-state index in [0.29, 0.717) is 5.57 Å². The van der Waals surface area contributed by atoms with Gasteiger partial charge >= 0.3 is 11.8 Å². The third-order valence-corrected chi connectivity index (χ3v) is 11.6. The highest BCUT2D eigenvalue weighted by Gasteiger charge is 2.54. The Morgan fingerprint density at radius 2 is 1.61 bits per heavy atom. The number of carbonyl (C=O) groups is 3. The monoisotopic (exact) mass is 826 g/mol. The first kappa shape index (κ1) is 38.8. The van der Waals surface area contributed by atoms with Crippen LogP contribution in [0.5, 0.6) is 0 Å². The van der Waals surface area contributed by atoms with Gasteiger partial charge in [-0.05, 0) is 24.1 Å². The van der Waals surface area contributed by atoms with E-state index in [1.54, 1.807) is 36.0 Å². The van der Waals surface area contributed by atoms with Crippen molar-refractivity contribution in [1.82, 2.24) is 20.2 Å². The van der Waals surface area contributed by atoms with Crippen LogP contribution in [0.15, 0.2) is 157 Å². The van der Waals surface area contributed by atoms with Gasteiger partial charge < -0.3 is 29.5 Å². The SMILES string of the molecule is Cc1oc(=O)oc1COC(=O)C1=C(/C=C\c2cccnc2)CS[C@@H]2[C@H](NC(=O)C(=NOC(c3ccccc3)(c3ccccc3)c3ccccc3)c3csc(N)n3)C(=O)N12. The molecule has 3 aromatic heterocycles. The molecule has 5 heterocycles. The molecule has 8 rings (SSSR count). The molecule has 0 aliphatic carbocycles. The number of pyridine rings is 1. The molecule has 6 aromatic rings. The van der Waals surface area contributed by atoms with Crippen molar-refractivity contribution in [2.45, 2.75) is 30.5 Å². The third kappa shape index (κ3) is 7.82. The minimum Gasteiger partial charge on any atom is -0.453 e. The molecule has 1 saturated heterocycles. The van der Waals surface area contributed by atoms with Crippen molar-refractivity contribution in [3.8, 4) is 0 Å². The number of hydrogen-bond donors (Lipinski definition) is 2. The lowest BCUT2D eigenvalue weighted by Crippen LogP contribution is -2.71. The van der Waals surface area contributed by atoms with Gasteiger partial charge in [0.25, 0.3) is 11.8 Å². The molecule has 0 radical (unpaired) electrons. The number of β-lactam (4-membered cyclic amide) rings is 1. The first-order valence-electron chi connectivity index (χ1n) is 18.2. The number of aryl methyl sites for hydroxylation is 1. The molecular weight excluding hydrogens is 793 g/mol. The number of nitrogens with two attached hydrogens (primary N) is 1. The molecule has 2 atom stereocenters. The molecule has 0 bridgehead atoms. The Hall–Kier alpha value is -7.04. The topological polar surface area (TPSA) is 192 Å². The molecule has 0 saturated carbocycles. The number of nitrogens with one attached hydrogen (secondary N) is 1. The Bertz CT molecular complexity index is 2550. The molecule has 1 fully saturated rings. The lowest BCUT2D eigenvalue weighted by Gasteiger charge is -2.49. The first-order chi connectivity index (χ1) is 28.7. The summed E-state index contributed by atoms with van der Waals surface area (Å²) in [5.74, 6) is -2.62. The summed E-state index contributed by atoms with van der Waals surface area (Å²) in [7, 11) is 0. The molecule has 2 aliphatic rings. The zero-order valence-corrected chi connectivity index (χ0v) is 32.9. The van der Waals surface area contributed by atoms with Gasteiger partial charge in [0.15, 0.2) is 29.0 Å². The molecule has 14 nitrogen and oxygen atoms in total. The highest BCUT2D eigenvalue weighted by Crippen LogP contribution is 2.43. The summed E-state index contributed by atoms with van der Waals surface area (Å²) in [6.45, 7) is 1.09. The molecule has 59 heavy (non-hydrogen) atoms. The number of carbonyl (C=O) groups excluding carboxylic acids is 3. The van der Waals surface area contributed by atoms with Crippen molar-refractivity contribution in [3.05, 3.63) is 188 Å². The number of nitrogen functional groups attached to an aromatic ring is 1. The second-order valence-corrected chi connectivity index (χ2v) is 15.2. The van der Waals surface area contributed by atoms with Crippen LogP contribution in [0, 0.1) is 6.92 Å². The molecule has 3 N–H and O–H groups in total. The van der Waals surface area contributed by atoms with Crippen LogP contribution in [-0.4, -0.2) is 55.5 Å². The Morgan fingerprint density at radius 3 is 2.17 bits per heavy atom. The van der Waals surface area contributed by atoms with Gasteiger partial charge in [-0.2, -0.15) is 0 Å². The van der Waals surface area contributed by atoms with Crippen molar-refractivity contribution < 1.29 is 32.8 Å². The van der Waals surface area contributed by atoms with Gasteiger partial charge in [-0.15, -0.1) is 23.1 Å². The minimum absolute atomic E-state index is 0.0178.